The van der Waals surface area contributed by atoms with E-state index in [2.05, 4.69) is 43.7 Å². The fraction of sp³-hybridized carbons (Fsp3) is 0.200. The van der Waals surface area contributed by atoms with E-state index in [1.54, 1.807) is 24.3 Å². The zero-order valence-corrected chi connectivity index (χ0v) is 23.7. The maximum absolute atomic E-state index is 12.9. The Bertz CT molecular complexity index is 1330. The van der Waals surface area contributed by atoms with E-state index in [4.69, 9.17) is 5.73 Å². The van der Waals surface area contributed by atoms with E-state index in [1.807, 2.05) is 67.6 Å². The summed E-state index contributed by atoms with van der Waals surface area (Å²) in [6.07, 6.45) is 0. The standard InChI is InChI=1S/C21H22N2O2S.C9H12.Ru/c1-16-12-14-19(15-13-16)26(24,25)23-21(18-10-6-3-7-11-18)20(22)17-8-4-2-5-9-17;1-7-4-5-8(2)9(3)6-7;/h2-15,20-21,23H,22H2,1H3;4-6H,1-3H3;/t20-,21-;;/m0../s1. The number of hydrogen-bond acceptors (Lipinski definition) is 3. The summed E-state index contributed by atoms with van der Waals surface area (Å²) in [6, 6.07) is 31.1. The number of benzene rings is 4. The first-order valence-electron chi connectivity index (χ1n) is 11.7. The summed E-state index contributed by atoms with van der Waals surface area (Å²) in [5, 5.41) is 0. The summed E-state index contributed by atoms with van der Waals surface area (Å²) in [4.78, 5) is 0.226. The zero-order valence-electron chi connectivity index (χ0n) is 21.1. The predicted octanol–water partition coefficient (Wildman–Crippen LogP) is 6.32. The molecule has 0 aromatic heterocycles. The third-order valence-corrected chi connectivity index (χ3v) is 7.44. The summed E-state index contributed by atoms with van der Waals surface area (Å²) >= 11 is 0. The molecule has 0 unspecified atom stereocenters. The average Bonchev–Trinajstić information content (AvgIpc) is 2.86. The van der Waals surface area contributed by atoms with Crippen LogP contribution < -0.4 is 10.5 Å². The third-order valence-electron chi connectivity index (χ3n) is 5.98. The average molecular weight is 588 g/mol. The van der Waals surface area contributed by atoms with Crippen molar-refractivity contribution >= 4 is 10.0 Å². The van der Waals surface area contributed by atoms with Gasteiger partial charge in [0.25, 0.3) is 0 Å². The van der Waals surface area contributed by atoms with Gasteiger partial charge >= 0.3 is 0 Å². The quantitative estimate of drug-likeness (QED) is 0.259. The first-order chi connectivity index (χ1) is 16.7. The van der Waals surface area contributed by atoms with E-state index in [9.17, 15) is 8.42 Å². The van der Waals surface area contributed by atoms with Crippen molar-refractivity contribution in [2.24, 2.45) is 5.73 Å². The van der Waals surface area contributed by atoms with Crippen molar-refractivity contribution in [1.82, 2.24) is 4.72 Å². The summed E-state index contributed by atoms with van der Waals surface area (Å²) in [5.74, 6) is 0. The molecule has 190 valence electrons. The van der Waals surface area contributed by atoms with Crippen LogP contribution in [0.5, 0.6) is 0 Å². The fourth-order valence-electron chi connectivity index (χ4n) is 3.72. The van der Waals surface area contributed by atoms with Crippen molar-refractivity contribution in [1.29, 1.82) is 0 Å². The molecule has 0 fully saturated rings. The molecule has 2 atom stereocenters. The Balaban J connectivity index is 0.000000386. The van der Waals surface area contributed by atoms with Gasteiger partial charge in [0.15, 0.2) is 0 Å². The van der Waals surface area contributed by atoms with Gasteiger partial charge in [0.05, 0.1) is 17.0 Å². The molecule has 4 aromatic carbocycles. The molecular weight excluding hydrogens is 553 g/mol. The van der Waals surface area contributed by atoms with Crippen molar-refractivity contribution < 1.29 is 27.9 Å². The summed E-state index contributed by atoms with van der Waals surface area (Å²) < 4.78 is 28.6. The Hall–Kier alpha value is -2.63. The van der Waals surface area contributed by atoms with Gasteiger partial charge in [-0.2, -0.15) is 0 Å². The maximum Gasteiger partial charge on any atom is 0.241 e. The van der Waals surface area contributed by atoms with Crippen LogP contribution >= 0.6 is 0 Å². The maximum atomic E-state index is 12.9. The molecule has 0 bridgehead atoms. The molecule has 0 spiro atoms. The van der Waals surface area contributed by atoms with E-state index >= 15 is 0 Å². The molecule has 0 saturated heterocycles. The molecule has 0 aliphatic rings. The fourth-order valence-corrected chi connectivity index (χ4v) is 4.97. The van der Waals surface area contributed by atoms with Crippen molar-refractivity contribution in [3.63, 3.8) is 0 Å². The van der Waals surface area contributed by atoms with Gasteiger partial charge in [-0.05, 0) is 62.1 Å². The second kappa shape index (κ2) is 13.6. The number of sulfonamides is 1. The second-order valence-corrected chi connectivity index (χ2v) is 10.6. The third kappa shape index (κ3) is 8.21. The minimum absolute atomic E-state index is 0. The minimum Gasteiger partial charge on any atom is -0.322 e. The summed E-state index contributed by atoms with van der Waals surface area (Å²) in [6.45, 7) is 8.31. The molecule has 0 aliphatic heterocycles. The molecule has 6 heteroatoms. The molecule has 0 radical (unpaired) electrons. The molecule has 0 heterocycles. The molecule has 0 saturated carbocycles. The van der Waals surface area contributed by atoms with E-state index in [-0.39, 0.29) is 24.4 Å². The molecule has 0 aliphatic carbocycles. The largest absolute Gasteiger partial charge is 0.322 e. The van der Waals surface area contributed by atoms with Gasteiger partial charge in [0.2, 0.25) is 10.0 Å². The molecular formula is C30H34N2O2RuS. The first-order valence-corrected chi connectivity index (χ1v) is 13.1. The van der Waals surface area contributed by atoms with E-state index in [0.717, 1.165) is 16.7 Å². The molecule has 4 aromatic rings. The number of hydrogen-bond donors (Lipinski definition) is 2. The van der Waals surface area contributed by atoms with Gasteiger partial charge in [-0.3, -0.25) is 0 Å². The smallest absolute Gasteiger partial charge is 0.241 e. The van der Waals surface area contributed by atoms with Gasteiger partial charge in [-0.25, -0.2) is 13.1 Å². The van der Waals surface area contributed by atoms with Crippen molar-refractivity contribution in [2.45, 2.75) is 44.7 Å². The summed E-state index contributed by atoms with van der Waals surface area (Å²) in [7, 11) is -3.71. The van der Waals surface area contributed by atoms with Gasteiger partial charge in [0, 0.05) is 19.5 Å². The van der Waals surface area contributed by atoms with Gasteiger partial charge in [-0.1, -0.05) is 102 Å². The van der Waals surface area contributed by atoms with Gasteiger partial charge in [-0.15, -0.1) is 0 Å². The van der Waals surface area contributed by atoms with Crippen LogP contribution in [0.1, 0.15) is 45.5 Å². The topological polar surface area (TPSA) is 72.2 Å². The Morgan fingerprint density at radius 1 is 0.639 bits per heavy atom. The van der Waals surface area contributed by atoms with Crippen LogP contribution in [0, 0.1) is 27.7 Å². The Morgan fingerprint density at radius 2 is 1.14 bits per heavy atom. The molecule has 36 heavy (non-hydrogen) atoms. The number of nitrogens with two attached hydrogens (primary N) is 1. The normalized spacial score (nSPS) is 12.5. The first kappa shape index (κ1) is 29.6. The molecule has 4 nitrogen and oxygen atoms in total. The number of nitrogens with one attached hydrogen (secondary N) is 1. The molecule has 0 amide bonds. The molecule has 3 N–H and O–H groups in total. The van der Waals surface area contributed by atoms with Gasteiger partial charge in [0.1, 0.15) is 0 Å². The van der Waals surface area contributed by atoms with Crippen LogP contribution in [0.3, 0.4) is 0 Å². The second-order valence-electron chi connectivity index (χ2n) is 8.85. The van der Waals surface area contributed by atoms with E-state index < -0.39 is 22.1 Å². The number of rotatable bonds is 6. The van der Waals surface area contributed by atoms with Crippen LogP contribution in [0.4, 0.5) is 0 Å². The van der Waals surface area contributed by atoms with Gasteiger partial charge < -0.3 is 5.73 Å². The van der Waals surface area contributed by atoms with E-state index in [0.29, 0.717) is 0 Å². The number of aryl methyl sites for hydroxylation is 4. The van der Waals surface area contributed by atoms with Crippen LogP contribution in [0.2, 0.25) is 0 Å². The molecule has 4 rings (SSSR count). The van der Waals surface area contributed by atoms with Crippen molar-refractivity contribution in [2.75, 3.05) is 0 Å². The zero-order chi connectivity index (χ0) is 25.4. The SMILES string of the molecule is Cc1ccc(C)c(C)c1.Cc1ccc(S(=O)(=O)N[C@@H](c2ccccc2)[C@@H](N)c2ccccc2)cc1.[Ru]. The Kier molecular flexibility index (Phi) is 11.2. The Labute approximate surface area is 228 Å². The van der Waals surface area contributed by atoms with Crippen LogP contribution in [0.15, 0.2) is 108 Å². The monoisotopic (exact) mass is 588 g/mol. The Morgan fingerprint density at radius 3 is 1.64 bits per heavy atom. The van der Waals surface area contributed by atoms with Crippen molar-refractivity contribution in [3.8, 4) is 0 Å². The van der Waals surface area contributed by atoms with Crippen LogP contribution in [-0.2, 0) is 29.5 Å². The summed E-state index contributed by atoms with van der Waals surface area (Å²) in [5.41, 5.74) is 13.3. The predicted molar refractivity (Wildman–Crippen MR) is 145 cm³/mol. The van der Waals surface area contributed by atoms with Crippen LogP contribution in [0.25, 0.3) is 0 Å². The van der Waals surface area contributed by atoms with Crippen molar-refractivity contribution in [3.05, 3.63) is 137 Å². The minimum atomic E-state index is -3.71. The van der Waals surface area contributed by atoms with Crippen LogP contribution in [-0.4, -0.2) is 8.42 Å². The van der Waals surface area contributed by atoms with E-state index in [1.165, 1.54) is 16.7 Å².